The van der Waals surface area contributed by atoms with Crippen LogP contribution in [0.4, 0.5) is 24.0 Å². The van der Waals surface area contributed by atoms with Gasteiger partial charge in [-0.05, 0) is 127 Å². The molecule has 0 aromatic carbocycles. The van der Waals surface area contributed by atoms with E-state index in [1.807, 2.05) is 0 Å². The first kappa shape index (κ1) is 105. The SMILES string of the molecule is NC(CONC(=O)[C@@H]1CC[C@@H]2CN1C(=O)N2OS(=O)(=O)O)C1CCCCC1.NC(CONC(=O)[C@@H]1CC[C@@H]2CN1C(=O)N2OS(=O)(=O)O)C1CCOCC1.NC(CONC(=O)[C@@H]1CC[C@@H]2CN1C(=O)N2OS(=O)(=O)O)C1CCS(=O)(=O)CC1.NC1(CONC(=O)[C@@H]2CC[C@@H]3CN2C(=O)N3OS(=O)(=O)O)CCOC1.NC1(CONC(=O)[C@@H]2CC[C@@H]3CN2C(=O)N3OS(=O)(=O)O)COC1. The van der Waals surface area contributed by atoms with Crippen molar-refractivity contribution in [1.29, 1.82) is 0 Å². The Labute approximate surface area is 757 Å². The first-order valence-corrected chi connectivity index (χ1v) is 50.7. The molecule has 15 rings (SSSR count). The molecule has 15 aliphatic rings. The van der Waals surface area contributed by atoms with Gasteiger partial charge in [-0.3, -0.25) is 70.9 Å². The zero-order chi connectivity index (χ0) is 96.4. The molecule has 14 aliphatic heterocycles. The maximum absolute atomic E-state index is 12.4. The van der Waals surface area contributed by atoms with Gasteiger partial charge >= 0.3 is 82.2 Å². The summed E-state index contributed by atoms with van der Waals surface area (Å²) in [4.78, 5) is 155. The van der Waals surface area contributed by atoms with E-state index in [-0.39, 0.29) is 108 Å². The number of hydrogen-bond acceptors (Lipinski definition) is 40. The van der Waals surface area contributed by atoms with Crippen LogP contribution >= 0.6 is 0 Å². The Morgan fingerprint density at radius 1 is 0.356 bits per heavy atom. The minimum absolute atomic E-state index is 0.0161. The second-order valence-electron chi connectivity index (χ2n) is 34.2. The molecule has 752 valence electrons. The minimum Gasteiger partial charge on any atom is -0.381 e. The van der Waals surface area contributed by atoms with Crippen molar-refractivity contribution in [3.8, 4) is 0 Å². The van der Waals surface area contributed by atoms with E-state index in [4.69, 9.17) is 89.8 Å². The Morgan fingerprint density at radius 2 is 0.614 bits per heavy atom. The molecule has 4 unspecified atom stereocenters. The maximum Gasteiger partial charge on any atom is 0.418 e. The number of rotatable bonds is 33. The van der Waals surface area contributed by atoms with Gasteiger partial charge < -0.3 is 67.4 Å². The van der Waals surface area contributed by atoms with Crippen LogP contribution in [0.5, 0.6) is 0 Å². The molecule has 0 spiro atoms. The number of hydrogen-bond donors (Lipinski definition) is 15. The molecule has 14 heterocycles. The molecule has 14 atom stereocenters. The Bertz CT molecular complexity index is 4730. The molecular formula is C66H112N20O40S6. The number of carbonyl (C=O) groups excluding carboxylic acids is 10. The summed E-state index contributed by atoms with van der Waals surface area (Å²) in [5.41, 5.74) is 40.2. The average molecular weight is 2020 g/mol. The van der Waals surface area contributed by atoms with E-state index in [1.54, 1.807) is 0 Å². The van der Waals surface area contributed by atoms with E-state index >= 15 is 0 Å². The molecule has 132 heavy (non-hydrogen) atoms. The second-order valence-corrected chi connectivity index (χ2v) is 41.6. The first-order chi connectivity index (χ1) is 61.9. The molecular weight excluding hydrogens is 1910 g/mol. The highest BCUT2D eigenvalue weighted by Gasteiger charge is 2.56. The average Bonchev–Trinajstić information content (AvgIpc) is 1.64. The van der Waals surface area contributed by atoms with Gasteiger partial charge in [-0.1, -0.05) is 19.3 Å². The highest BCUT2D eigenvalue weighted by Crippen LogP contribution is 2.37. The summed E-state index contributed by atoms with van der Waals surface area (Å²) >= 11 is 0. The van der Waals surface area contributed by atoms with E-state index in [0.29, 0.717) is 148 Å². The normalized spacial score (nSPS) is 28.9. The monoisotopic (exact) mass is 2020 g/mol. The summed E-state index contributed by atoms with van der Waals surface area (Å²) in [6.45, 7) is 3.85. The van der Waals surface area contributed by atoms with Gasteiger partial charge in [-0.15, -0.1) is 21.4 Å². The van der Waals surface area contributed by atoms with Gasteiger partial charge in [-0.2, -0.15) is 67.4 Å². The number of ether oxygens (including phenoxy) is 3. The number of hydroxylamine groups is 15. The number of piperidine rings is 5. The molecule has 15 amide bonds. The molecule has 0 aromatic rings. The van der Waals surface area contributed by atoms with Crippen LogP contribution in [0.1, 0.15) is 128 Å². The van der Waals surface area contributed by atoms with Crippen LogP contribution in [0.15, 0.2) is 0 Å². The lowest BCUT2D eigenvalue weighted by atomic mass is 9.84. The maximum atomic E-state index is 12.4. The lowest BCUT2D eigenvalue weighted by molar-refractivity contribution is -0.148. The Balaban J connectivity index is 0.000000159. The van der Waals surface area contributed by atoms with Crippen molar-refractivity contribution < 1.29 is 181 Å². The molecule has 15 fully saturated rings. The summed E-state index contributed by atoms with van der Waals surface area (Å²) in [6, 6.07) is -11.8. The Morgan fingerprint density at radius 3 is 0.871 bits per heavy atom. The fourth-order valence-corrected chi connectivity index (χ4v) is 21.1. The molecule has 0 aromatic heterocycles. The molecule has 66 heteroatoms. The number of sulfone groups is 1. The summed E-state index contributed by atoms with van der Waals surface area (Å²) in [5, 5.41) is 2.89. The van der Waals surface area contributed by atoms with Crippen molar-refractivity contribution in [3.05, 3.63) is 0 Å². The van der Waals surface area contributed by atoms with Gasteiger partial charge in [0.1, 0.15) is 40.0 Å². The first-order valence-electron chi connectivity index (χ1n) is 42.1. The lowest BCUT2D eigenvalue weighted by Gasteiger charge is -2.37. The van der Waals surface area contributed by atoms with Gasteiger partial charge in [0.2, 0.25) is 0 Å². The summed E-state index contributed by atoms with van der Waals surface area (Å²) < 4.78 is 212. The number of nitrogens with zero attached hydrogens (tertiary/aromatic N) is 10. The zero-order valence-corrected chi connectivity index (χ0v) is 75.8. The van der Waals surface area contributed by atoms with Crippen molar-refractivity contribution >= 4 is 122 Å². The van der Waals surface area contributed by atoms with Gasteiger partial charge in [0.15, 0.2) is 0 Å². The third kappa shape index (κ3) is 28.6. The molecule has 1 aliphatic carbocycles. The van der Waals surface area contributed by atoms with Crippen molar-refractivity contribution in [2.75, 3.05) is 117 Å². The number of amides is 15. The molecule has 1 saturated carbocycles. The zero-order valence-electron chi connectivity index (χ0n) is 70.9. The highest BCUT2D eigenvalue weighted by molar-refractivity contribution is 7.91. The van der Waals surface area contributed by atoms with E-state index in [2.05, 4.69) is 48.8 Å². The van der Waals surface area contributed by atoms with Crippen molar-refractivity contribution in [2.45, 2.75) is 218 Å². The highest BCUT2D eigenvalue weighted by atomic mass is 32.3. The Kier molecular flexibility index (Phi) is 35.2. The number of nitrogens with two attached hydrogens (primary N) is 5. The third-order valence-corrected chi connectivity index (χ3v) is 28.1. The third-order valence-electron chi connectivity index (χ3n) is 24.7. The van der Waals surface area contributed by atoms with Crippen LogP contribution in [0.25, 0.3) is 0 Å². The van der Waals surface area contributed by atoms with Crippen LogP contribution in [0.3, 0.4) is 0 Å². The predicted molar refractivity (Wildman–Crippen MR) is 433 cm³/mol. The number of urea groups is 5. The molecule has 60 nitrogen and oxygen atoms in total. The summed E-state index contributed by atoms with van der Waals surface area (Å²) in [6.07, 6.45) is 12.0. The molecule has 0 radical (unpaired) electrons. The minimum atomic E-state index is -4.86. The molecule has 10 bridgehead atoms. The van der Waals surface area contributed by atoms with Crippen LogP contribution in [0, 0.1) is 17.8 Å². The van der Waals surface area contributed by atoms with Crippen LogP contribution in [0.2, 0.25) is 0 Å². The summed E-state index contributed by atoms with van der Waals surface area (Å²) in [5.74, 6) is -1.90. The van der Waals surface area contributed by atoms with Gasteiger partial charge in [-0.25, -0.2) is 59.8 Å². The largest absolute Gasteiger partial charge is 0.418 e. The van der Waals surface area contributed by atoms with Gasteiger partial charge in [0, 0.05) is 70.7 Å². The van der Waals surface area contributed by atoms with Gasteiger partial charge in [0.05, 0.1) is 106 Å². The number of nitrogens with one attached hydrogen (secondary N) is 5. The van der Waals surface area contributed by atoms with Crippen LogP contribution in [-0.4, -0.2) is 389 Å². The number of fused-ring (bicyclic) bond motifs is 10. The van der Waals surface area contributed by atoms with Crippen molar-refractivity contribution in [1.82, 2.24) is 77.2 Å². The number of carbonyl (C=O) groups is 10. The standard InChI is InChI=1S/C15H26N4O7S.C14H24N4O9S2.C14H24N4O8S.C12H20N4O8S.C11H18N4O8S/c16-12(10-4-2-1-3-5-10)9-25-17-14(20)13-7-6-11-8-18(13)15(21)19(11)26-27(22,23)24;15-11(9-3-5-28(21,22)6-4-9)8-26-16-13(19)12-2-1-10-7-17(12)14(20)18(10)27-29(23,24)25;15-11(9-3-5-24-6-4-9)8-25-16-13(19)12-2-1-10-7-17(12)14(20)18(10)26-27(21,22)23;13-12(3-4-22-6-12)7-23-14-10(17)9-2-1-8-5-15(9)11(18)16(8)24-25(19,20)21;12-11(4-21-5-11)6-22-13-9(16)8-2-1-7-3-14(8)10(17)15(7)23-24(18,19)20/h10-13H,1-9,16H2,(H,17,20)(H,22,23,24);9-12H,1-8,15H2,(H,16,19)(H,23,24,25);9-12H,1-8,15H2,(H,16,19)(H,21,22,23);8-9H,1-7,13H2,(H,14,17)(H,19,20,21);7-8H,1-6,12H2,(H,13,16)(H,18,19,20)/t11-,12?,13+;2*10-,11?,12+;8-,9+,12?;7-,8+/m11111/s1. The Hall–Kier alpha value is -7.52. The predicted octanol–water partition coefficient (Wildman–Crippen LogP) is -7.15. The molecule has 14 saturated heterocycles. The smallest absolute Gasteiger partial charge is 0.381 e. The van der Waals surface area contributed by atoms with Crippen LogP contribution in [-0.2, 0) is 146 Å². The molecule has 20 N–H and O–H groups in total. The van der Waals surface area contributed by atoms with Crippen LogP contribution < -0.4 is 56.1 Å². The van der Waals surface area contributed by atoms with Gasteiger partial charge in [0.25, 0.3) is 29.5 Å². The van der Waals surface area contributed by atoms with E-state index in [9.17, 15) is 98.5 Å². The summed E-state index contributed by atoms with van der Waals surface area (Å²) in [7, 11) is -27.1. The van der Waals surface area contributed by atoms with E-state index in [0.717, 1.165) is 43.4 Å². The fraction of sp³-hybridized carbons (Fsp3) is 0.848. The second kappa shape index (κ2) is 44.3. The fourth-order valence-electron chi connectivity index (χ4n) is 17.6. The van der Waals surface area contributed by atoms with E-state index < -0.39 is 199 Å². The van der Waals surface area contributed by atoms with Crippen molar-refractivity contribution in [2.24, 2.45) is 46.4 Å². The van der Waals surface area contributed by atoms with E-state index in [1.165, 1.54) is 26.0 Å². The lowest BCUT2D eigenvalue weighted by Crippen LogP contribution is -2.61. The van der Waals surface area contributed by atoms with Crippen molar-refractivity contribution in [3.63, 3.8) is 0 Å². The topological polar surface area (TPSA) is 819 Å². The quantitative estimate of drug-likeness (QED) is 0.0214.